The monoisotopic (exact) mass is 255 g/mol. The Morgan fingerprint density at radius 3 is 2.74 bits per heavy atom. The number of nitrogens with one attached hydrogen (secondary N) is 2. The van der Waals surface area contributed by atoms with E-state index < -0.39 is 0 Å². The number of ether oxygens (including phenoxy) is 1. The van der Waals surface area contributed by atoms with Gasteiger partial charge in [0.2, 0.25) is 0 Å². The number of nitrogens with zero attached hydrogens (tertiary/aromatic N) is 1. The molecule has 2 N–H and O–H groups in total. The third kappa shape index (κ3) is 1.99. The smallest absolute Gasteiger partial charge is 0.190 e. The lowest BCUT2D eigenvalue weighted by atomic mass is 10.2. The fraction of sp³-hybridized carbons (Fsp3) is 0.143. The van der Waals surface area contributed by atoms with Crippen molar-refractivity contribution in [1.82, 2.24) is 15.0 Å². The van der Waals surface area contributed by atoms with Crippen LogP contribution in [0.1, 0.15) is 5.69 Å². The van der Waals surface area contributed by atoms with Gasteiger partial charge in [-0.2, -0.15) is 0 Å². The van der Waals surface area contributed by atoms with Crippen molar-refractivity contribution in [3.63, 3.8) is 0 Å². The second-order valence-corrected chi connectivity index (χ2v) is 4.37. The number of aromatic amines is 2. The average Bonchev–Trinajstić information content (AvgIpc) is 2.84. The minimum absolute atomic E-state index is 0.0412. The first-order chi connectivity index (χ1) is 9.17. The number of methoxy groups -OCH3 is 1. The SMILES string of the molecule is COc1ccc2c(=O)cc(-c3ncc(C)[nH]3)[nH]c2c1. The third-order valence-electron chi connectivity index (χ3n) is 2.99. The van der Waals surface area contributed by atoms with Crippen LogP contribution in [-0.4, -0.2) is 22.1 Å². The highest BCUT2D eigenvalue weighted by atomic mass is 16.5. The highest BCUT2D eigenvalue weighted by Crippen LogP contribution is 2.19. The van der Waals surface area contributed by atoms with Gasteiger partial charge in [0, 0.05) is 29.4 Å². The highest BCUT2D eigenvalue weighted by Gasteiger charge is 2.07. The van der Waals surface area contributed by atoms with Crippen LogP contribution in [0.2, 0.25) is 0 Å². The van der Waals surface area contributed by atoms with Crippen LogP contribution < -0.4 is 10.2 Å². The van der Waals surface area contributed by atoms with Crippen molar-refractivity contribution >= 4 is 10.9 Å². The molecule has 3 rings (SSSR count). The quantitative estimate of drug-likeness (QED) is 0.737. The number of hydrogen-bond acceptors (Lipinski definition) is 3. The molecule has 5 nitrogen and oxygen atoms in total. The van der Waals surface area contributed by atoms with Crippen molar-refractivity contribution in [3.8, 4) is 17.3 Å². The van der Waals surface area contributed by atoms with E-state index in [1.165, 1.54) is 0 Å². The van der Waals surface area contributed by atoms with Gasteiger partial charge in [-0.3, -0.25) is 4.79 Å². The van der Waals surface area contributed by atoms with Crippen LogP contribution in [0.5, 0.6) is 5.75 Å². The Labute approximate surface area is 109 Å². The number of benzene rings is 1. The Morgan fingerprint density at radius 1 is 1.21 bits per heavy atom. The molecule has 0 aliphatic rings. The van der Waals surface area contributed by atoms with Gasteiger partial charge in [0.25, 0.3) is 0 Å². The number of aryl methyl sites for hydroxylation is 1. The molecule has 0 aliphatic carbocycles. The van der Waals surface area contributed by atoms with Crippen LogP contribution in [0, 0.1) is 6.92 Å². The molecule has 0 saturated carbocycles. The van der Waals surface area contributed by atoms with Crippen molar-refractivity contribution in [2.24, 2.45) is 0 Å². The summed E-state index contributed by atoms with van der Waals surface area (Å²) in [5, 5.41) is 0.632. The molecule has 0 fully saturated rings. The summed E-state index contributed by atoms with van der Waals surface area (Å²) in [5.74, 6) is 1.36. The zero-order chi connectivity index (χ0) is 13.4. The summed E-state index contributed by atoms with van der Waals surface area (Å²) in [4.78, 5) is 22.6. The zero-order valence-electron chi connectivity index (χ0n) is 10.7. The van der Waals surface area contributed by atoms with Crippen LogP contribution in [0.15, 0.2) is 35.3 Å². The van der Waals surface area contributed by atoms with Crippen molar-refractivity contribution in [2.45, 2.75) is 6.92 Å². The molecule has 3 aromatic rings. The standard InChI is InChI=1S/C14H13N3O2/c1-8-7-15-14(16-8)12-6-13(18)10-4-3-9(19-2)5-11(10)17-12/h3-7H,1-2H3,(H,15,16)(H,17,18). The predicted molar refractivity (Wildman–Crippen MR) is 73.4 cm³/mol. The minimum Gasteiger partial charge on any atom is -0.497 e. The molecule has 5 heteroatoms. The molecule has 0 bridgehead atoms. The molecule has 0 atom stereocenters. The minimum atomic E-state index is -0.0412. The second kappa shape index (κ2) is 4.28. The Kier molecular flexibility index (Phi) is 2.59. The molecule has 1 aromatic carbocycles. The van der Waals surface area contributed by atoms with Crippen LogP contribution in [-0.2, 0) is 0 Å². The molecule has 0 saturated heterocycles. The topological polar surface area (TPSA) is 70.8 Å². The predicted octanol–water partition coefficient (Wildman–Crippen LogP) is 2.24. The van der Waals surface area contributed by atoms with Crippen LogP contribution in [0.3, 0.4) is 0 Å². The third-order valence-corrected chi connectivity index (χ3v) is 2.99. The summed E-state index contributed by atoms with van der Waals surface area (Å²) in [5.41, 5.74) is 2.30. The maximum atomic E-state index is 12.1. The first kappa shape index (κ1) is 11.5. The molecule has 0 aliphatic heterocycles. The Bertz CT molecular complexity index is 802. The lowest BCUT2D eigenvalue weighted by Gasteiger charge is -2.04. The fourth-order valence-electron chi connectivity index (χ4n) is 2.04. The summed E-state index contributed by atoms with van der Waals surface area (Å²) >= 11 is 0. The fourth-order valence-corrected chi connectivity index (χ4v) is 2.04. The van der Waals surface area contributed by atoms with E-state index in [0.29, 0.717) is 22.7 Å². The molecule has 19 heavy (non-hydrogen) atoms. The van der Waals surface area contributed by atoms with Gasteiger partial charge in [-0.1, -0.05) is 0 Å². The number of H-pyrrole nitrogens is 2. The molecule has 2 aromatic heterocycles. The first-order valence-electron chi connectivity index (χ1n) is 5.90. The number of imidazole rings is 1. The van der Waals surface area contributed by atoms with Gasteiger partial charge in [-0.05, 0) is 19.1 Å². The van der Waals surface area contributed by atoms with Gasteiger partial charge in [0.15, 0.2) is 11.3 Å². The number of rotatable bonds is 2. The highest BCUT2D eigenvalue weighted by molar-refractivity contribution is 5.82. The lowest BCUT2D eigenvalue weighted by Crippen LogP contribution is -2.03. The second-order valence-electron chi connectivity index (χ2n) is 4.37. The summed E-state index contributed by atoms with van der Waals surface area (Å²) in [6.07, 6.45) is 1.73. The zero-order valence-corrected chi connectivity index (χ0v) is 10.7. The summed E-state index contributed by atoms with van der Waals surface area (Å²) in [6.45, 7) is 1.92. The number of pyridine rings is 1. The summed E-state index contributed by atoms with van der Waals surface area (Å²) < 4.78 is 5.17. The van der Waals surface area contributed by atoms with Crippen LogP contribution in [0.4, 0.5) is 0 Å². The van der Waals surface area contributed by atoms with E-state index in [4.69, 9.17) is 4.74 Å². The summed E-state index contributed by atoms with van der Waals surface area (Å²) in [7, 11) is 1.60. The van der Waals surface area contributed by atoms with Crippen molar-refractivity contribution in [2.75, 3.05) is 7.11 Å². The average molecular weight is 255 g/mol. The van der Waals surface area contributed by atoms with Crippen LogP contribution in [0.25, 0.3) is 22.4 Å². The van der Waals surface area contributed by atoms with E-state index in [2.05, 4.69) is 15.0 Å². The van der Waals surface area contributed by atoms with E-state index >= 15 is 0 Å². The molecule has 96 valence electrons. The van der Waals surface area contributed by atoms with Gasteiger partial charge in [0.05, 0.1) is 18.3 Å². The lowest BCUT2D eigenvalue weighted by molar-refractivity contribution is 0.415. The maximum Gasteiger partial charge on any atom is 0.190 e. The molecule has 0 unspecified atom stereocenters. The van der Waals surface area contributed by atoms with Gasteiger partial charge >= 0.3 is 0 Å². The van der Waals surface area contributed by atoms with Gasteiger partial charge in [-0.25, -0.2) is 4.98 Å². The van der Waals surface area contributed by atoms with Crippen LogP contribution >= 0.6 is 0 Å². The summed E-state index contributed by atoms with van der Waals surface area (Å²) in [6, 6.07) is 6.88. The Balaban J connectivity index is 2.25. The van der Waals surface area contributed by atoms with Gasteiger partial charge in [-0.15, -0.1) is 0 Å². The Hall–Kier alpha value is -2.56. The normalized spacial score (nSPS) is 10.8. The molecule has 0 amide bonds. The van der Waals surface area contributed by atoms with Gasteiger partial charge < -0.3 is 14.7 Å². The number of fused-ring (bicyclic) bond motifs is 1. The maximum absolute atomic E-state index is 12.1. The van der Waals surface area contributed by atoms with Crippen molar-refractivity contribution < 1.29 is 4.74 Å². The Morgan fingerprint density at radius 2 is 2.05 bits per heavy atom. The molecule has 2 heterocycles. The van der Waals surface area contributed by atoms with Crippen molar-refractivity contribution in [3.05, 3.63) is 46.4 Å². The van der Waals surface area contributed by atoms with E-state index in [1.807, 2.05) is 6.92 Å². The molecular formula is C14H13N3O2. The number of aromatic nitrogens is 3. The van der Waals surface area contributed by atoms with Gasteiger partial charge in [0.1, 0.15) is 5.75 Å². The van der Waals surface area contributed by atoms with E-state index in [-0.39, 0.29) is 5.43 Å². The largest absolute Gasteiger partial charge is 0.497 e. The number of hydrogen-bond donors (Lipinski definition) is 2. The molecular weight excluding hydrogens is 242 g/mol. The molecule has 0 radical (unpaired) electrons. The van der Waals surface area contributed by atoms with E-state index in [9.17, 15) is 4.79 Å². The molecule has 0 spiro atoms. The van der Waals surface area contributed by atoms with E-state index in [1.54, 1.807) is 37.6 Å². The van der Waals surface area contributed by atoms with E-state index in [0.717, 1.165) is 11.2 Å². The van der Waals surface area contributed by atoms with Crippen molar-refractivity contribution in [1.29, 1.82) is 0 Å². The first-order valence-corrected chi connectivity index (χ1v) is 5.90.